The van der Waals surface area contributed by atoms with Crippen molar-refractivity contribution in [2.45, 2.75) is 78.1 Å². The number of carbonyl (C=O) groups is 1. The summed E-state index contributed by atoms with van der Waals surface area (Å²) in [5.74, 6) is -0.0721. The molecule has 0 amide bonds. The Morgan fingerprint density at radius 1 is 0.773 bits per heavy atom. The Morgan fingerprint density at radius 3 is 1.86 bits per heavy atom. The van der Waals surface area contributed by atoms with Gasteiger partial charge in [-0.2, -0.15) is 0 Å². The number of carbonyl (C=O) groups excluding carboxylic acids is 1. The normalized spacial score (nSPS) is 11.9. The third-order valence-electron chi connectivity index (χ3n) is 3.33. The predicted octanol–water partition coefficient (Wildman–Crippen LogP) is 6.14. The Morgan fingerprint density at radius 2 is 1.32 bits per heavy atom. The molecule has 0 aliphatic carbocycles. The molecule has 2 heteroatoms. The maximum Gasteiger partial charge on any atom is 0.305 e. The Balaban J connectivity index is 3.35. The molecule has 0 radical (unpaired) electrons. The van der Waals surface area contributed by atoms with E-state index in [1.807, 2.05) is 6.92 Å². The summed E-state index contributed by atoms with van der Waals surface area (Å²) in [4.78, 5) is 11.1. The topological polar surface area (TPSA) is 26.3 Å². The number of esters is 1. The second-order valence-electron chi connectivity index (χ2n) is 5.43. The summed E-state index contributed by atoms with van der Waals surface area (Å²) in [6.07, 6.45) is 24.2. The smallest absolute Gasteiger partial charge is 0.305 e. The van der Waals surface area contributed by atoms with Gasteiger partial charge in [0.15, 0.2) is 0 Å². The van der Waals surface area contributed by atoms with Crippen LogP contribution in [-0.2, 0) is 9.53 Å². The van der Waals surface area contributed by atoms with Crippen LogP contribution in [0.1, 0.15) is 78.1 Å². The van der Waals surface area contributed by atoms with E-state index in [1.54, 1.807) is 0 Å². The summed E-state index contributed by atoms with van der Waals surface area (Å²) in [6.45, 7) is 4.57. The van der Waals surface area contributed by atoms with Crippen LogP contribution in [0.2, 0.25) is 0 Å². The third kappa shape index (κ3) is 16.7. The monoisotopic (exact) mass is 306 g/mol. The summed E-state index contributed by atoms with van der Waals surface area (Å²) in [5.41, 5.74) is 0. The first kappa shape index (κ1) is 20.7. The van der Waals surface area contributed by atoms with Crippen LogP contribution in [0.4, 0.5) is 0 Å². The fourth-order valence-electron chi connectivity index (χ4n) is 2.05. The third-order valence-corrected chi connectivity index (χ3v) is 3.33. The fourth-order valence-corrected chi connectivity index (χ4v) is 2.05. The van der Waals surface area contributed by atoms with Gasteiger partial charge in [0.2, 0.25) is 0 Å². The molecule has 0 atom stereocenters. The van der Waals surface area contributed by atoms with Crippen LogP contribution >= 0.6 is 0 Å². The number of hydrogen-bond donors (Lipinski definition) is 0. The molecule has 0 bridgehead atoms. The SMILES string of the molecule is CCCCC/C=C/C/C=C/C/C=C\CCCCC(=O)OCC. The molecule has 0 N–H and O–H groups in total. The van der Waals surface area contributed by atoms with Crippen molar-refractivity contribution in [3.8, 4) is 0 Å². The highest BCUT2D eigenvalue weighted by molar-refractivity contribution is 5.69. The molecule has 0 heterocycles. The Hall–Kier alpha value is -1.31. The van der Waals surface area contributed by atoms with Crippen molar-refractivity contribution in [2.24, 2.45) is 0 Å². The average molecular weight is 306 g/mol. The van der Waals surface area contributed by atoms with Gasteiger partial charge in [-0.15, -0.1) is 0 Å². The van der Waals surface area contributed by atoms with E-state index in [9.17, 15) is 4.79 Å². The van der Waals surface area contributed by atoms with Crippen LogP contribution < -0.4 is 0 Å². The summed E-state index contributed by atoms with van der Waals surface area (Å²) < 4.78 is 4.89. The van der Waals surface area contributed by atoms with Crippen LogP contribution in [0.25, 0.3) is 0 Å². The van der Waals surface area contributed by atoms with Gasteiger partial charge in [0, 0.05) is 6.42 Å². The largest absolute Gasteiger partial charge is 0.466 e. The van der Waals surface area contributed by atoms with Crippen molar-refractivity contribution in [1.82, 2.24) is 0 Å². The summed E-state index contributed by atoms with van der Waals surface area (Å²) >= 11 is 0. The molecule has 0 aliphatic heterocycles. The fraction of sp³-hybridized carbons (Fsp3) is 0.650. The van der Waals surface area contributed by atoms with Crippen molar-refractivity contribution >= 4 is 5.97 Å². The van der Waals surface area contributed by atoms with Crippen LogP contribution in [0, 0.1) is 0 Å². The molecule has 2 nitrogen and oxygen atoms in total. The zero-order valence-electron chi connectivity index (χ0n) is 14.6. The lowest BCUT2D eigenvalue weighted by Gasteiger charge is -1.99. The van der Waals surface area contributed by atoms with Crippen molar-refractivity contribution in [2.75, 3.05) is 6.61 Å². The number of rotatable bonds is 14. The predicted molar refractivity (Wildman–Crippen MR) is 95.9 cm³/mol. The number of ether oxygens (including phenoxy) is 1. The molecule has 0 saturated heterocycles. The van der Waals surface area contributed by atoms with Gasteiger partial charge in [0.05, 0.1) is 6.61 Å². The minimum absolute atomic E-state index is 0.0721. The highest BCUT2D eigenvalue weighted by Crippen LogP contribution is 2.03. The molecule has 0 saturated carbocycles. The number of hydrogen-bond acceptors (Lipinski definition) is 2. The Labute approximate surface area is 137 Å². The van der Waals surface area contributed by atoms with E-state index in [0.29, 0.717) is 13.0 Å². The molecule has 0 aromatic carbocycles. The van der Waals surface area contributed by atoms with Crippen LogP contribution in [0.5, 0.6) is 0 Å². The minimum atomic E-state index is -0.0721. The van der Waals surface area contributed by atoms with Crippen molar-refractivity contribution < 1.29 is 9.53 Å². The van der Waals surface area contributed by atoms with Crippen molar-refractivity contribution in [3.63, 3.8) is 0 Å². The molecular formula is C20H34O2. The van der Waals surface area contributed by atoms with E-state index in [-0.39, 0.29) is 5.97 Å². The summed E-state index contributed by atoms with van der Waals surface area (Å²) in [5, 5.41) is 0. The standard InChI is InChI=1S/C20H34O2/c1-3-5-6-7-8-9-10-11-12-13-14-15-16-17-18-19-20(21)22-4-2/h8-9,11-12,14-15H,3-7,10,13,16-19H2,1-2H3/b9-8+,12-11+,15-14-. The highest BCUT2D eigenvalue weighted by atomic mass is 16.5. The molecular weight excluding hydrogens is 272 g/mol. The highest BCUT2D eigenvalue weighted by Gasteiger charge is 1.99. The lowest BCUT2D eigenvalue weighted by Crippen LogP contribution is -2.02. The molecule has 0 aliphatic rings. The first-order valence-electron chi connectivity index (χ1n) is 8.91. The molecule has 0 spiro atoms. The first-order valence-corrected chi connectivity index (χ1v) is 8.91. The van der Waals surface area contributed by atoms with E-state index in [2.05, 4.69) is 43.4 Å². The Bertz CT molecular complexity index is 327. The molecule has 0 rings (SSSR count). The second kappa shape index (κ2) is 17.7. The zero-order chi connectivity index (χ0) is 16.3. The lowest BCUT2D eigenvalue weighted by molar-refractivity contribution is -0.143. The second-order valence-corrected chi connectivity index (χ2v) is 5.43. The van der Waals surface area contributed by atoms with E-state index in [4.69, 9.17) is 4.74 Å². The van der Waals surface area contributed by atoms with Crippen LogP contribution in [0.3, 0.4) is 0 Å². The van der Waals surface area contributed by atoms with Gasteiger partial charge in [0.25, 0.3) is 0 Å². The number of unbranched alkanes of at least 4 members (excludes halogenated alkanes) is 5. The Kier molecular flexibility index (Phi) is 16.7. The van der Waals surface area contributed by atoms with Gasteiger partial charge in [-0.3, -0.25) is 4.79 Å². The van der Waals surface area contributed by atoms with Crippen molar-refractivity contribution in [3.05, 3.63) is 36.5 Å². The molecule has 0 aromatic rings. The van der Waals surface area contributed by atoms with Gasteiger partial charge in [-0.25, -0.2) is 0 Å². The van der Waals surface area contributed by atoms with Gasteiger partial charge in [0.1, 0.15) is 0 Å². The average Bonchev–Trinajstić information content (AvgIpc) is 2.51. The van der Waals surface area contributed by atoms with Crippen molar-refractivity contribution in [1.29, 1.82) is 0 Å². The number of allylic oxidation sites excluding steroid dienone is 6. The van der Waals surface area contributed by atoms with E-state index < -0.39 is 0 Å². The molecule has 0 aromatic heterocycles. The first-order chi connectivity index (χ1) is 10.8. The zero-order valence-corrected chi connectivity index (χ0v) is 14.6. The summed E-state index contributed by atoms with van der Waals surface area (Å²) in [6, 6.07) is 0. The van der Waals surface area contributed by atoms with Gasteiger partial charge in [-0.05, 0) is 51.9 Å². The van der Waals surface area contributed by atoms with Gasteiger partial charge >= 0.3 is 5.97 Å². The summed E-state index contributed by atoms with van der Waals surface area (Å²) in [7, 11) is 0. The maximum atomic E-state index is 11.1. The minimum Gasteiger partial charge on any atom is -0.466 e. The maximum absolute atomic E-state index is 11.1. The van der Waals surface area contributed by atoms with E-state index in [1.165, 1.54) is 25.7 Å². The van der Waals surface area contributed by atoms with Crippen LogP contribution in [0.15, 0.2) is 36.5 Å². The molecule has 0 unspecified atom stereocenters. The molecule has 22 heavy (non-hydrogen) atoms. The lowest BCUT2D eigenvalue weighted by atomic mass is 10.1. The molecule has 0 fully saturated rings. The van der Waals surface area contributed by atoms with Crippen LogP contribution in [-0.4, -0.2) is 12.6 Å². The van der Waals surface area contributed by atoms with Gasteiger partial charge < -0.3 is 4.74 Å². The van der Waals surface area contributed by atoms with E-state index in [0.717, 1.165) is 32.1 Å². The van der Waals surface area contributed by atoms with Gasteiger partial charge in [-0.1, -0.05) is 56.2 Å². The quantitative estimate of drug-likeness (QED) is 0.219. The molecule has 126 valence electrons. The van der Waals surface area contributed by atoms with E-state index >= 15 is 0 Å².